The number of hydrogen-bond acceptors (Lipinski definition) is 5. The van der Waals surface area contributed by atoms with Crippen LogP contribution < -0.4 is 4.90 Å². The highest BCUT2D eigenvalue weighted by atomic mass is 32.1. The maximum absolute atomic E-state index is 4.82. The molecule has 0 bridgehead atoms. The van der Waals surface area contributed by atoms with Crippen molar-refractivity contribution in [3.05, 3.63) is 47.4 Å². The maximum Gasteiger partial charge on any atom is 0.186 e. The van der Waals surface area contributed by atoms with Crippen molar-refractivity contribution < 1.29 is 0 Å². The molecule has 0 saturated heterocycles. The first-order valence-corrected chi connectivity index (χ1v) is 8.88. The van der Waals surface area contributed by atoms with E-state index in [0.717, 1.165) is 42.7 Å². The number of nitrogens with zero attached hydrogens (tertiary/aromatic N) is 5. The first kappa shape index (κ1) is 14.4. The molecule has 0 atom stereocenters. The molecule has 1 aromatic carbocycles. The van der Waals surface area contributed by atoms with Gasteiger partial charge in [-0.25, -0.2) is 4.98 Å². The number of aromatic nitrogens is 4. The lowest BCUT2D eigenvalue weighted by molar-refractivity contribution is 0.559. The van der Waals surface area contributed by atoms with E-state index in [4.69, 9.17) is 4.98 Å². The Labute approximate surface area is 139 Å². The summed E-state index contributed by atoms with van der Waals surface area (Å²) in [5, 5.41) is 11.4. The third-order valence-electron chi connectivity index (χ3n) is 4.19. The molecular formula is C17H19N5S. The summed E-state index contributed by atoms with van der Waals surface area (Å²) in [6.45, 7) is 4.86. The van der Waals surface area contributed by atoms with Gasteiger partial charge in [-0.15, -0.1) is 21.5 Å². The van der Waals surface area contributed by atoms with E-state index in [1.807, 2.05) is 0 Å². The van der Waals surface area contributed by atoms with Crippen LogP contribution in [0, 0.1) is 0 Å². The van der Waals surface area contributed by atoms with Crippen molar-refractivity contribution in [2.75, 3.05) is 11.4 Å². The molecule has 0 amide bonds. The fraction of sp³-hybridized carbons (Fsp3) is 0.353. The van der Waals surface area contributed by atoms with E-state index in [9.17, 15) is 0 Å². The molecule has 0 spiro atoms. The van der Waals surface area contributed by atoms with Crippen LogP contribution in [0.5, 0.6) is 0 Å². The zero-order valence-electron chi connectivity index (χ0n) is 13.1. The second-order valence-corrected chi connectivity index (χ2v) is 6.66. The summed E-state index contributed by atoms with van der Waals surface area (Å²) >= 11 is 1.70. The Hall–Kier alpha value is -2.21. The van der Waals surface area contributed by atoms with Crippen LogP contribution in [0.1, 0.15) is 24.7 Å². The summed E-state index contributed by atoms with van der Waals surface area (Å²) in [4.78, 5) is 7.11. The predicted octanol–water partition coefficient (Wildman–Crippen LogP) is 3.37. The summed E-state index contributed by atoms with van der Waals surface area (Å²) < 4.78 is 2.11. The Morgan fingerprint density at radius 2 is 2.04 bits per heavy atom. The molecule has 0 aliphatic carbocycles. The molecule has 5 nitrogen and oxygen atoms in total. The van der Waals surface area contributed by atoms with Crippen LogP contribution in [0.4, 0.5) is 5.13 Å². The summed E-state index contributed by atoms with van der Waals surface area (Å²) in [5.74, 6) is 1.01. The van der Waals surface area contributed by atoms with Gasteiger partial charge in [-0.1, -0.05) is 37.6 Å². The van der Waals surface area contributed by atoms with E-state index in [1.165, 1.54) is 17.5 Å². The van der Waals surface area contributed by atoms with Gasteiger partial charge in [0.2, 0.25) is 0 Å². The van der Waals surface area contributed by atoms with Crippen LogP contribution in [-0.2, 0) is 19.5 Å². The highest BCUT2D eigenvalue weighted by molar-refractivity contribution is 7.14. The summed E-state index contributed by atoms with van der Waals surface area (Å²) in [7, 11) is 0. The topological polar surface area (TPSA) is 46.8 Å². The molecule has 118 valence electrons. The van der Waals surface area contributed by atoms with Gasteiger partial charge in [0, 0.05) is 24.0 Å². The number of fused-ring (bicyclic) bond motifs is 1. The average molecular weight is 325 g/mol. The quantitative estimate of drug-likeness (QED) is 0.738. The number of hydrogen-bond donors (Lipinski definition) is 0. The molecular weight excluding hydrogens is 306 g/mol. The van der Waals surface area contributed by atoms with Gasteiger partial charge < -0.3 is 9.47 Å². The molecule has 3 aromatic rings. The van der Waals surface area contributed by atoms with Gasteiger partial charge in [0.1, 0.15) is 6.33 Å². The standard InChI is InChI=1S/C17H19N5S/c1-2-3-13-4-6-14(7-5-13)15-11-23-17(19-15)21-8-9-22-12-18-20-16(22)10-21/h4-7,11-12H,2-3,8-10H2,1H3. The Balaban J connectivity index is 1.53. The molecule has 0 radical (unpaired) electrons. The number of aryl methyl sites for hydroxylation is 1. The van der Waals surface area contributed by atoms with E-state index >= 15 is 0 Å². The normalized spacial score (nSPS) is 14.0. The molecule has 2 aromatic heterocycles. The van der Waals surface area contributed by atoms with Crippen LogP contribution in [0.3, 0.4) is 0 Å². The van der Waals surface area contributed by atoms with Crippen molar-refractivity contribution in [1.29, 1.82) is 0 Å². The third kappa shape index (κ3) is 2.86. The second kappa shape index (κ2) is 6.12. The minimum Gasteiger partial charge on any atom is -0.339 e. The Bertz CT molecular complexity index is 789. The Morgan fingerprint density at radius 1 is 1.17 bits per heavy atom. The summed E-state index contributed by atoms with van der Waals surface area (Å²) in [6.07, 6.45) is 4.12. The summed E-state index contributed by atoms with van der Waals surface area (Å²) in [6, 6.07) is 8.77. The lowest BCUT2D eigenvalue weighted by atomic mass is 10.1. The van der Waals surface area contributed by atoms with Crippen LogP contribution in [-0.4, -0.2) is 26.3 Å². The fourth-order valence-corrected chi connectivity index (χ4v) is 3.76. The monoisotopic (exact) mass is 325 g/mol. The zero-order valence-corrected chi connectivity index (χ0v) is 14.0. The van der Waals surface area contributed by atoms with E-state index in [1.54, 1.807) is 17.7 Å². The SMILES string of the molecule is CCCc1ccc(-c2csc(N3CCn4cnnc4C3)n2)cc1. The summed E-state index contributed by atoms with van der Waals surface area (Å²) in [5.41, 5.74) is 3.63. The minimum atomic E-state index is 0.780. The van der Waals surface area contributed by atoms with Gasteiger partial charge >= 0.3 is 0 Å². The number of rotatable bonds is 4. The molecule has 0 N–H and O–H groups in total. The first-order valence-electron chi connectivity index (χ1n) is 8.00. The van der Waals surface area contributed by atoms with E-state index < -0.39 is 0 Å². The van der Waals surface area contributed by atoms with Crippen molar-refractivity contribution in [2.24, 2.45) is 0 Å². The maximum atomic E-state index is 4.82. The molecule has 3 heterocycles. The zero-order chi connectivity index (χ0) is 15.6. The average Bonchev–Trinajstić information content (AvgIpc) is 3.24. The highest BCUT2D eigenvalue weighted by Crippen LogP contribution is 2.29. The molecule has 23 heavy (non-hydrogen) atoms. The van der Waals surface area contributed by atoms with Crippen molar-refractivity contribution >= 4 is 16.5 Å². The van der Waals surface area contributed by atoms with Crippen LogP contribution in [0.25, 0.3) is 11.3 Å². The van der Waals surface area contributed by atoms with Gasteiger partial charge in [-0.05, 0) is 12.0 Å². The molecule has 1 aliphatic rings. The number of thiazole rings is 1. The molecule has 1 aliphatic heterocycles. The lowest BCUT2D eigenvalue weighted by Gasteiger charge is -2.26. The van der Waals surface area contributed by atoms with Gasteiger partial charge in [0.25, 0.3) is 0 Å². The first-order chi connectivity index (χ1) is 11.3. The fourth-order valence-electron chi connectivity index (χ4n) is 2.90. The molecule has 0 fully saturated rings. The number of anilines is 1. The molecule has 4 rings (SSSR count). The van der Waals surface area contributed by atoms with Crippen molar-refractivity contribution in [3.8, 4) is 11.3 Å². The lowest BCUT2D eigenvalue weighted by Crippen LogP contribution is -2.33. The smallest absolute Gasteiger partial charge is 0.186 e. The number of benzene rings is 1. The van der Waals surface area contributed by atoms with Crippen LogP contribution in [0.2, 0.25) is 0 Å². The Morgan fingerprint density at radius 3 is 2.87 bits per heavy atom. The second-order valence-electron chi connectivity index (χ2n) is 5.82. The van der Waals surface area contributed by atoms with E-state index in [0.29, 0.717) is 0 Å². The van der Waals surface area contributed by atoms with Gasteiger partial charge in [-0.3, -0.25) is 0 Å². The van der Waals surface area contributed by atoms with E-state index in [2.05, 4.69) is 56.2 Å². The van der Waals surface area contributed by atoms with Gasteiger partial charge in [-0.2, -0.15) is 0 Å². The minimum absolute atomic E-state index is 0.780. The van der Waals surface area contributed by atoms with Crippen molar-refractivity contribution in [1.82, 2.24) is 19.7 Å². The third-order valence-corrected chi connectivity index (χ3v) is 5.09. The highest BCUT2D eigenvalue weighted by Gasteiger charge is 2.20. The van der Waals surface area contributed by atoms with Crippen LogP contribution in [0.15, 0.2) is 36.0 Å². The molecule has 6 heteroatoms. The Kier molecular flexibility index (Phi) is 3.83. The van der Waals surface area contributed by atoms with Gasteiger partial charge in [0.05, 0.1) is 12.2 Å². The predicted molar refractivity (Wildman–Crippen MR) is 92.6 cm³/mol. The van der Waals surface area contributed by atoms with Crippen LogP contribution >= 0.6 is 11.3 Å². The van der Waals surface area contributed by atoms with Gasteiger partial charge in [0.15, 0.2) is 11.0 Å². The molecule has 0 saturated carbocycles. The van der Waals surface area contributed by atoms with E-state index in [-0.39, 0.29) is 0 Å². The van der Waals surface area contributed by atoms with Crippen molar-refractivity contribution in [2.45, 2.75) is 32.9 Å². The largest absolute Gasteiger partial charge is 0.339 e. The van der Waals surface area contributed by atoms with Crippen molar-refractivity contribution in [3.63, 3.8) is 0 Å². The molecule has 0 unspecified atom stereocenters.